The molecule has 0 radical (unpaired) electrons. The average molecular weight is 313 g/mol. The molecule has 7 nitrogen and oxygen atoms in total. The quantitative estimate of drug-likeness (QED) is 0.454. The van der Waals surface area contributed by atoms with Crippen molar-refractivity contribution in [1.82, 2.24) is 4.72 Å². The number of nitrogen functional groups attached to an aromatic ring is 1. The maximum absolute atomic E-state index is 12.3. The first-order chi connectivity index (χ1) is 9.83. The maximum atomic E-state index is 12.3. The Labute approximate surface area is 123 Å². The third-order valence-corrected chi connectivity index (χ3v) is 5.22. The SMILES string of the molecule is CCC(CC1CC1)NS(=O)(=O)c1ccc([N+](=O)[O-])cc1N. The van der Waals surface area contributed by atoms with E-state index < -0.39 is 14.9 Å². The van der Waals surface area contributed by atoms with E-state index in [1.54, 1.807) is 0 Å². The molecule has 1 aromatic carbocycles. The molecular weight excluding hydrogens is 294 g/mol. The number of nitro groups is 1. The molecule has 1 aliphatic rings. The molecular formula is C13H19N3O4S. The van der Waals surface area contributed by atoms with Gasteiger partial charge in [-0.25, -0.2) is 13.1 Å². The predicted molar refractivity (Wildman–Crippen MR) is 79.3 cm³/mol. The van der Waals surface area contributed by atoms with Crippen molar-refractivity contribution in [2.45, 2.75) is 43.5 Å². The minimum atomic E-state index is -3.76. The second-order valence-corrected chi connectivity index (χ2v) is 7.07. The number of benzene rings is 1. The summed E-state index contributed by atoms with van der Waals surface area (Å²) in [7, 11) is -3.76. The maximum Gasteiger partial charge on any atom is 0.271 e. The number of sulfonamides is 1. The Morgan fingerprint density at radius 2 is 2.14 bits per heavy atom. The second-order valence-electron chi connectivity index (χ2n) is 5.38. The molecule has 8 heteroatoms. The third kappa shape index (κ3) is 3.92. The van der Waals surface area contributed by atoms with Crippen molar-refractivity contribution in [3.63, 3.8) is 0 Å². The molecule has 0 spiro atoms. The van der Waals surface area contributed by atoms with Crippen LogP contribution in [0.15, 0.2) is 23.1 Å². The van der Waals surface area contributed by atoms with Crippen molar-refractivity contribution in [2.75, 3.05) is 5.73 Å². The Balaban J connectivity index is 2.19. The van der Waals surface area contributed by atoms with Crippen LogP contribution in [0.2, 0.25) is 0 Å². The van der Waals surface area contributed by atoms with Gasteiger partial charge in [-0.1, -0.05) is 19.8 Å². The number of hydrogen-bond donors (Lipinski definition) is 2. The molecule has 1 saturated carbocycles. The topological polar surface area (TPSA) is 115 Å². The van der Waals surface area contributed by atoms with E-state index in [9.17, 15) is 18.5 Å². The molecule has 0 amide bonds. The summed E-state index contributed by atoms with van der Waals surface area (Å²) >= 11 is 0. The summed E-state index contributed by atoms with van der Waals surface area (Å²) in [6.07, 6.45) is 3.82. The number of nitrogens with zero attached hydrogens (tertiary/aromatic N) is 1. The summed E-state index contributed by atoms with van der Waals surface area (Å²) in [6, 6.07) is 3.26. The zero-order chi connectivity index (χ0) is 15.6. The highest BCUT2D eigenvalue weighted by molar-refractivity contribution is 7.89. The van der Waals surface area contributed by atoms with Crippen molar-refractivity contribution in [1.29, 1.82) is 0 Å². The first-order valence-electron chi connectivity index (χ1n) is 6.89. The van der Waals surface area contributed by atoms with Crippen LogP contribution < -0.4 is 10.5 Å². The molecule has 1 unspecified atom stereocenters. The van der Waals surface area contributed by atoms with Crippen LogP contribution >= 0.6 is 0 Å². The van der Waals surface area contributed by atoms with Crippen LogP contribution in [-0.4, -0.2) is 19.4 Å². The van der Waals surface area contributed by atoms with Crippen LogP contribution in [0.4, 0.5) is 11.4 Å². The summed E-state index contributed by atoms with van der Waals surface area (Å²) < 4.78 is 27.3. The van der Waals surface area contributed by atoms with Crippen LogP contribution in [0.1, 0.15) is 32.6 Å². The molecule has 3 N–H and O–H groups in total. The van der Waals surface area contributed by atoms with Crippen LogP contribution in [-0.2, 0) is 10.0 Å². The Bertz CT molecular complexity index is 641. The molecule has 0 aliphatic heterocycles. The van der Waals surface area contributed by atoms with Gasteiger partial charge < -0.3 is 5.73 Å². The lowest BCUT2D eigenvalue weighted by atomic mass is 10.1. The lowest BCUT2D eigenvalue weighted by molar-refractivity contribution is -0.384. The van der Waals surface area contributed by atoms with Gasteiger partial charge in [-0.2, -0.15) is 0 Å². The van der Waals surface area contributed by atoms with E-state index in [2.05, 4.69) is 4.72 Å². The number of non-ortho nitro benzene ring substituents is 1. The number of rotatable bonds is 7. The molecule has 1 aliphatic carbocycles. The standard InChI is InChI=1S/C13H19N3O4S/c1-2-10(7-9-3-4-9)15-21(19,20)13-6-5-11(16(17)18)8-12(13)14/h5-6,8-10,15H,2-4,7,14H2,1H3. The fraction of sp³-hybridized carbons (Fsp3) is 0.538. The molecule has 2 rings (SSSR count). The number of nitrogens with one attached hydrogen (secondary N) is 1. The van der Waals surface area contributed by atoms with Gasteiger partial charge in [0.25, 0.3) is 5.69 Å². The fourth-order valence-electron chi connectivity index (χ4n) is 2.23. The first kappa shape index (κ1) is 15.7. The smallest absolute Gasteiger partial charge is 0.271 e. The van der Waals surface area contributed by atoms with Gasteiger partial charge in [0.2, 0.25) is 10.0 Å². The van der Waals surface area contributed by atoms with Crippen LogP contribution in [0.5, 0.6) is 0 Å². The van der Waals surface area contributed by atoms with Crippen molar-refractivity contribution in [3.05, 3.63) is 28.3 Å². The molecule has 1 fully saturated rings. The monoisotopic (exact) mass is 313 g/mol. The minimum absolute atomic E-state index is 0.109. The molecule has 21 heavy (non-hydrogen) atoms. The lowest BCUT2D eigenvalue weighted by Crippen LogP contribution is -2.35. The van der Waals surface area contributed by atoms with E-state index in [1.165, 1.54) is 6.07 Å². The summed E-state index contributed by atoms with van der Waals surface area (Å²) in [6.45, 7) is 1.93. The molecule has 0 saturated heterocycles. The van der Waals surface area contributed by atoms with Gasteiger partial charge in [-0.15, -0.1) is 0 Å². The van der Waals surface area contributed by atoms with Crippen LogP contribution in [0.25, 0.3) is 0 Å². The molecule has 1 atom stereocenters. The minimum Gasteiger partial charge on any atom is -0.397 e. The predicted octanol–water partition coefficient (Wildman–Crippen LogP) is 2.03. The Kier molecular flexibility index (Phi) is 4.48. The molecule has 0 bridgehead atoms. The fourth-order valence-corrected chi connectivity index (χ4v) is 3.68. The van der Waals surface area contributed by atoms with Crippen molar-refractivity contribution in [2.24, 2.45) is 5.92 Å². The van der Waals surface area contributed by atoms with Crippen LogP contribution in [0, 0.1) is 16.0 Å². The van der Waals surface area contributed by atoms with Crippen molar-refractivity contribution >= 4 is 21.4 Å². The largest absolute Gasteiger partial charge is 0.397 e. The van der Waals surface area contributed by atoms with E-state index in [1.807, 2.05) is 6.92 Å². The Morgan fingerprint density at radius 1 is 1.48 bits per heavy atom. The molecule has 1 aromatic rings. The van der Waals surface area contributed by atoms with E-state index in [-0.39, 0.29) is 22.3 Å². The molecule has 116 valence electrons. The third-order valence-electron chi connectivity index (χ3n) is 3.62. The van der Waals surface area contributed by atoms with Gasteiger partial charge in [0, 0.05) is 18.2 Å². The lowest BCUT2D eigenvalue weighted by Gasteiger charge is -2.17. The number of anilines is 1. The van der Waals surface area contributed by atoms with Gasteiger partial charge in [-0.05, 0) is 24.8 Å². The van der Waals surface area contributed by atoms with Crippen molar-refractivity contribution < 1.29 is 13.3 Å². The first-order valence-corrected chi connectivity index (χ1v) is 8.38. The van der Waals surface area contributed by atoms with Gasteiger partial charge in [-0.3, -0.25) is 10.1 Å². The molecule has 0 heterocycles. The summed E-state index contributed by atoms with van der Waals surface area (Å²) in [5.74, 6) is 0.604. The highest BCUT2D eigenvalue weighted by atomic mass is 32.2. The van der Waals surface area contributed by atoms with E-state index in [4.69, 9.17) is 5.73 Å². The normalized spacial score (nSPS) is 16.6. The van der Waals surface area contributed by atoms with Gasteiger partial charge in [0.15, 0.2) is 0 Å². The van der Waals surface area contributed by atoms with E-state index in [0.717, 1.165) is 31.4 Å². The zero-order valence-corrected chi connectivity index (χ0v) is 12.6. The highest BCUT2D eigenvalue weighted by Gasteiger charge is 2.28. The van der Waals surface area contributed by atoms with Gasteiger partial charge >= 0.3 is 0 Å². The summed E-state index contributed by atoms with van der Waals surface area (Å²) in [5.41, 5.74) is 5.31. The summed E-state index contributed by atoms with van der Waals surface area (Å²) in [5, 5.41) is 10.7. The zero-order valence-electron chi connectivity index (χ0n) is 11.8. The number of nitro benzene ring substituents is 1. The van der Waals surface area contributed by atoms with Gasteiger partial charge in [0.05, 0.1) is 10.6 Å². The summed E-state index contributed by atoms with van der Waals surface area (Å²) in [4.78, 5) is 9.93. The van der Waals surface area contributed by atoms with E-state index in [0.29, 0.717) is 12.3 Å². The average Bonchev–Trinajstić information content (AvgIpc) is 3.21. The Morgan fingerprint density at radius 3 is 2.62 bits per heavy atom. The second kappa shape index (κ2) is 5.98. The van der Waals surface area contributed by atoms with Crippen molar-refractivity contribution in [3.8, 4) is 0 Å². The Hall–Kier alpha value is -1.67. The molecule has 0 aromatic heterocycles. The van der Waals surface area contributed by atoms with Gasteiger partial charge in [0.1, 0.15) is 4.90 Å². The van der Waals surface area contributed by atoms with E-state index >= 15 is 0 Å². The highest BCUT2D eigenvalue weighted by Crippen LogP contribution is 2.34. The number of nitrogens with two attached hydrogens (primary N) is 1. The number of hydrogen-bond acceptors (Lipinski definition) is 5. The van der Waals surface area contributed by atoms with Crippen LogP contribution in [0.3, 0.4) is 0 Å².